The molecular weight excluding hydrogens is 233 g/mol. The van der Waals surface area contributed by atoms with Crippen LogP contribution < -0.4 is 11.1 Å². The normalized spacial score (nSPS) is 11.5. The van der Waals surface area contributed by atoms with Crippen LogP contribution in [0.15, 0.2) is 24.3 Å². The molecule has 0 radical (unpaired) electrons. The Morgan fingerprint density at radius 2 is 1.76 bits per heavy atom. The first-order valence-corrected chi connectivity index (χ1v) is 5.23. The van der Waals surface area contributed by atoms with Gasteiger partial charge >= 0.3 is 6.18 Å². The highest BCUT2D eigenvalue weighted by Gasteiger charge is 2.29. The van der Waals surface area contributed by atoms with E-state index in [4.69, 9.17) is 10.5 Å². The van der Waals surface area contributed by atoms with Gasteiger partial charge in [-0.15, -0.1) is 0 Å². The first kappa shape index (κ1) is 13.8. The van der Waals surface area contributed by atoms with Crippen molar-refractivity contribution < 1.29 is 17.9 Å². The molecule has 0 atom stereocenters. The Labute approximate surface area is 97.8 Å². The fourth-order valence-corrected chi connectivity index (χ4v) is 1.23. The molecular formula is C11H15F3N2O. The fourth-order valence-electron chi connectivity index (χ4n) is 1.23. The number of halogens is 3. The largest absolute Gasteiger partial charge is 0.416 e. The molecule has 0 saturated heterocycles. The summed E-state index contributed by atoms with van der Waals surface area (Å²) in [6, 6.07) is 4.88. The third-order valence-electron chi connectivity index (χ3n) is 2.05. The molecule has 6 heteroatoms. The van der Waals surface area contributed by atoms with Crippen molar-refractivity contribution >= 4 is 5.69 Å². The lowest BCUT2D eigenvalue weighted by Crippen LogP contribution is -2.14. The molecule has 1 aromatic rings. The van der Waals surface area contributed by atoms with Gasteiger partial charge in [0.15, 0.2) is 0 Å². The van der Waals surface area contributed by atoms with Gasteiger partial charge in [0.1, 0.15) is 0 Å². The van der Waals surface area contributed by atoms with E-state index in [1.807, 2.05) is 0 Å². The van der Waals surface area contributed by atoms with E-state index in [1.165, 1.54) is 12.1 Å². The lowest BCUT2D eigenvalue weighted by atomic mass is 10.2. The topological polar surface area (TPSA) is 47.3 Å². The number of hydrogen-bond acceptors (Lipinski definition) is 3. The summed E-state index contributed by atoms with van der Waals surface area (Å²) in [6.45, 7) is 1.94. The van der Waals surface area contributed by atoms with Crippen LogP contribution in [-0.4, -0.2) is 26.3 Å². The minimum absolute atomic E-state index is 0.459. The zero-order valence-corrected chi connectivity index (χ0v) is 9.26. The molecule has 1 rings (SSSR count). The van der Waals surface area contributed by atoms with Gasteiger partial charge in [0.05, 0.1) is 18.8 Å². The molecule has 3 N–H and O–H groups in total. The molecule has 0 aliphatic rings. The Bertz CT molecular complexity index is 324. The minimum Gasteiger partial charge on any atom is -0.383 e. The average Bonchev–Trinajstić information content (AvgIpc) is 2.28. The van der Waals surface area contributed by atoms with Gasteiger partial charge in [-0.3, -0.25) is 0 Å². The lowest BCUT2D eigenvalue weighted by Gasteiger charge is -2.09. The van der Waals surface area contributed by atoms with E-state index in [-0.39, 0.29) is 0 Å². The van der Waals surface area contributed by atoms with Crippen molar-refractivity contribution in [2.75, 3.05) is 31.6 Å². The SMILES string of the molecule is NCCOCCNc1ccc(C(F)(F)F)cc1. The van der Waals surface area contributed by atoms with E-state index in [9.17, 15) is 13.2 Å². The van der Waals surface area contributed by atoms with E-state index in [2.05, 4.69) is 5.32 Å². The second-order valence-electron chi connectivity index (χ2n) is 3.40. The lowest BCUT2D eigenvalue weighted by molar-refractivity contribution is -0.137. The van der Waals surface area contributed by atoms with Crippen molar-refractivity contribution in [1.29, 1.82) is 0 Å². The summed E-state index contributed by atoms with van der Waals surface area (Å²) in [5.41, 5.74) is 5.21. The summed E-state index contributed by atoms with van der Waals surface area (Å²) < 4.78 is 41.9. The van der Waals surface area contributed by atoms with Crippen molar-refractivity contribution in [1.82, 2.24) is 0 Å². The number of hydrogen-bond donors (Lipinski definition) is 2. The van der Waals surface area contributed by atoms with Gasteiger partial charge in [-0.05, 0) is 24.3 Å². The third kappa shape index (κ3) is 5.06. The van der Waals surface area contributed by atoms with Crippen LogP contribution in [0.1, 0.15) is 5.56 Å². The number of nitrogens with one attached hydrogen (secondary N) is 1. The Hall–Kier alpha value is -1.27. The molecule has 96 valence electrons. The van der Waals surface area contributed by atoms with Crippen LogP contribution in [-0.2, 0) is 10.9 Å². The van der Waals surface area contributed by atoms with E-state index in [0.717, 1.165) is 12.1 Å². The summed E-state index contributed by atoms with van der Waals surface area (Å²) in [6.07, 6.45) is -4.29. The summed E-state index contributed by atoms with van der Waals surface area (Å²) in [7, 11) is 0. The molecule has 0 fully saturated rings. The maximum Gasteiger partial charge on any atom is 0.416 e. The number of nitrogens with two attached hydrogens (primary N) is 1. The predicted molar refractivity (Wildman–Crippen MR) is 59.8 cm³/mol. The monoisotopic (exact) mass is 248 g/mol. The van der Waals surface area contributed by atoms with Crippen LogP contribution in [0.25, 0.3) is 0 Å². The zero-order chi connectivity index (χ0) is 12.7. The summed E-state index contributed by atoms with van der Waals surface area (Å²) >= 11 is 0. The van der Waals surface area contributed by atoms with Gasteiger partial charge in [0.25, 0.3) is 0 Å². The average molecular weight is 248 g/mol. The Kier molecular flexibility index (Phi) is 5.24. The summed E-state index contributed by atoms with van der Waals surface area (Å²) in [5, 5.41) is 2.95. The quantitative estimate of drug-likeness (QED) is 0.758. The Morgan fingerprint density at radius 1 is 1.12 bits per heavy atom. The Balaban J connectivity index is 2.36. The van der Waals surface area contributed by atoms with Crippen LogP contribution in [0.2, 0.25) is 0 Å². The summed E-state index contributed by atoms with van der Waals surface area (Å²) in [5.74, 6) is 0. The van der Waals surface area contributed by atoms with E-state index in [1.54, 1.807) is 0 Å². The first-order chi connectivity index (χ1) is 8.04. The van der Waals surface area contributed by atoms with Gasteiger partial charge in [0.2, 0.25) is 0 Å². The second kappa shape index (κ2) is 6.46. The van der Waals surface area contributed by atoms with Gasteiger partial charge in [-0.1, -0.05) is 0 Å². The molecule has 17 heavy (non-hydrogen) atoms. The van der Waals surface area contributed by atoms with Crippen molar-refractivity contribution in [3.63, 3.8) is 0 Å². The van der Waals surface area contributed by atoms with Crippen molar-refractivity contribution in [3.8, 4) is 0 Å². The van der Waals surface area contributed by atoms with Crippen molar-refractivity contribution in [2.45, 2.75) is 6.18 Å². The van der Waals surface area contributed by atoms with Crippen LogP contribution in [0, 0.1) is 0 Å². The number of ether oxygens (including phenoxy) is 1. The molecule has 0 amide bonds. The molecule has 0 unspecified atom stereocenters. The molecule has 3 nitrogen and oxygen atoms in total. The molecule has 0 heterocycles. The Morgan fingerprint density at radius 3 is 2.29 bits per heavy atom. The molecule has 0 spiro atoms. The maximum atomic E-state index is 12.3. The van der Waals surface area contributed by atoms with Crippen LogP contribution in [0.3, 0.4) is 0 Å². The van der Waals surface area contributed by atoms with Gasteiger partial charge < -0.3 is 15.8 Å². The highest BCUT2D eigenvalue weighted by Crippen LogP contribution is 2.29. The van der Waals surface area contributed by atoms with Crippen LogP contribution >= 0.6 is 0 Å². The molecule has 0 bridgehead atoms. The van der Waals surface area contributed by atoms with E-state index in [0.29, 0.717) is 32.0 Å². The van der Waals surface area contributed by atoms with Gasteiger partial charge in [-0.25, -0.2) is 0 Å². The number of alkyl halides is 3. The number of rotatable bonds is 6. The standard InChI is InChI=1S/C11H15F3N2O/c12-11(13,14)9-1-3-10(4-2-9)16-6-8-17-7-5-15/h1-4,16H,5-8,15H2. The van der Waals surface area contributed by atoms with Crippen LogP contribution in [0.5, 0.6) is 0 Å². The molecule has 0 aliphatic heterocycles. The molecule has 0 aliphatic carbocycles. The molecule has 0 aromatic heterocycles. The highest BCUT2D eigenvalue weighted by molar-refractivity contribution is 5.45. The zero-order valence-electron chi connectivity index (χ0n) is 9.26. The third-order valence-corrected chi connectivity index (χ3v) is 2.05. The van der Waals surface area contributed by atoms with E-state index < -0.39 is 11.7 Å². The predicted octanol–water partition coefficient (Wildman–Crippen LogP) is 2.09. The van der Waals surface area contributed by atoms with Gasteiger partial charge in [0, 0.05) is 18.8 Å². The fraction of sp³-hybridized carbons (Fsp3) is 0.455. The van der Waals surface area contributed by atoms with Crippen LogP contribution in [0.4, 0.5) is 18.9 Å². The second-order valence-corrected chi connectivity index (χ2v) is 3.40. The molecule has 0 saturated carbocycles. The first-order valence-electron chi connectivity index (χ1n) is 5.23. The number of anilines is 1. The van der Waals surface area contributed by atoms with E-state index >= 15 is 0 Å². The maximum absolute atomic E-state index is 12.3. The van der Waals surface area contributed by atoms with Gasteiger partial charge in [-0.2, -0.15) is 13.2 Å². The summed E-state index contributed by atoms with van der Waals surface area (Å²) in [4.78, 5) is 0. The number of benzene rings is 1. The molecule has 1 aromatic carbocycles. The minimum atomic E-state index is -4.29. The highest BCUT2D eigenvalue weighted by atomic mass is 19.4. The van der Waals surface area contributed by atoms with Crippen molar-refractivity contribution in [3.05, 3.63) is 29.8 Å². The smallest absolute Gasteiger partial charge is 0.383 e. The van der Waals surface area contributed by atoms with Crippen molar-refractivity contribution in [2.24, 2.45) is 5.73 Å².